The predicted octanol–water partition coefficient (Wildman–Crippen LogP) is 7.08. The second-order valence-corrected chi connectivity index (χ2v) is 8.34. The Morgan fingerprint density at radius 2 is 1.35 bits per heavy atom. The zero-order chi connectivity index (χ0) is 18.5. The highest BCUT2D eigenvalue weighted by atomic mass is 16.5. The van der Waals surface area contributed by atoms with E-state index in [-0.39, 0.29) is 0 Å². The summed E-state index contributed by atoms with van der Waals surface area (Å²) < 4.78 is 5.95. The van der Waals surface area contributed by atoms with Crippen molar-refractivity contribution in [2.75, 3.05) is 6.61 Å². The smallest absolute Gasteiger partial charge is 0.0575 e. The standard InChI is InChI=1S/C25H40O/c1-3-5-21-26-25-19-17-24(18-20-25)12-9-7-6-8-11-23-15-13-22(10-4-2)14-16-23/h8-9,11-12,22-25H,3-5,10,13-21H2,1-2H3/b11-8+,12-9+/t22-,23-,24?,25?. The van der Waals surface area contributed by atoms with Gasteiger partial charge in [-0.2, -0.15) is 0 Å². The van der Waals surface area contributed by atoms with Crippen LogP contribution in [0.1, 0.15) is 90.9 Å². The zero-order valence-corrected chi connectivity index (χ0v) is 17.2. The first kappa shape index (κ1) is 21.3. The molecular weight excluding hydrogens is 316 g/mol. The Morgan fingerprint density at radius 3 is 1.88 bits per heavy atom. The lowest BCUT2D eigenvalue weighted by Gasteiger charge is -2.26. The highest BCUT2D eigenvalue weighted by Crippen LogP contribution is 2.32. The van der Waals surface area contributed by atoms with Crippen molar-refractivity contribution in [2.45, 2.75) is 97.0 Å². The molecule has 0 atom stereocenters. The normalized spacial score (nSPS) is 29.8. The molecule has 2 saturated carbocycles. The fraction of sp³-hybridized carbons (Fsp3) is 0.760. The third-order valence-corrected chi connectivity index (χ3v) is 6.15. The number of unbranched alkanes of at least 4 members (excludes halogenated alkanes) is 1. The maximum Gasteiger partial charge on any atom is 0.0575 e. The summed E-state index contributed by atoms with van der Waals surface area (Å²) >= 11 is 0. The Bertz CT molecular complexity index is 462. The van der Waals surface area contributed by atoms with Gasteiger partial charge in [-0.25, -0.2) is 0 Å². The van der Waals surface area contributed by atoms with Crippen LogP contribution in [0.15, 0.2) is 24.3 Å². The molecule has 1 nitrogen and oxygen atoms in total. The molecular formula is C25H40O. The van der Waals surface area contributed by atoms with Crippen LogP contribution in [0.4, 0.5) is 0 Å². The van der Waals surface area contributed by atoms with Gasteiger partial charge in [-0.3, -0.25) is 0 Å². The Morgan fingerprint density at radius 1 is 0.769 bits per heavy atom. The van der Waals surface area contributed by atoms with Crippen molar-refractivity contribution in [3.63, 3.8) is 0 Å². The van der Waals surface area contributed by atoms with Gasteiger partial charge in [0.2, 0.25) is 0 Å². The molecule has 0 aromatic heterocycles. The van der Waals surface area contributed by atoms with Crippen molar-refractivity contribution in [1.29, 1.82) is 0 Å². The zero-order valence-electron chi connectivity index (χ0n) is 17.2. The van der Waals surface area contributed by atoms with E-state index in [1.807, 2.05) is 0 Å². The molecule has 0 N–H and O–H groups in total. The van der Waals surface area contributed by atoms with Crippen molar-refractivity contribution in [2.24, 2.45) is 17.8 Å². The average molecular weight is 357 g/mol. The van der Waals surface area contributed by atoms with Crippen LogP contribution in [-0.2, 0) is 4.74 Å². The summed E-state index contributed by atoms with van der Waals surface area (Å²) in [6.07, 6.45) is 25.0. The number of ether oxygens (including phenoxy) is 1. The van der Waals surface area contributed by atoms with Crippen molar-refractivity contribution < 1.29 is 4.74 Å². The minimum absolute atomic E-state index is 0.507. The summed E-state index contributed by atoms with van der Waals surface area (Å²) in [7, 11) is 0. The predicted molar refractivity (Wildman–Crippen MR) is 113 cm³/mol. The molecule has 0 radical (unpaired) electrons. The molecule has 0 aromatic rings. The molecule has 0 spiro atoms. The third kappa shape index (κ3) is 8.59. The molecule has 2 rings (SSSR count). The molecule has 0 bridgehead atoms. The Labute approximate surface area is 162 Å². The lowest BCUT2D eigenvalue weighted by molar-refractivity contribution is 0.0209. The van der Waals surface area contributed by atoms with Crippen LogP contribution in [-0.4, -0.2) is 12.7 Å². The third-order valence-electron chi connectivity index (χ3n) is 6.15. The van der Waals surface area contributed by atoms with Gasteiger partial charge < -0.3 is 4.74 Å². The molecule has 0 aliphatic heterocycles. The topological polar surface area (TPSA) is 9.23 Å². The summed E-state index contributed by atoms with van der Waals surface area (Å²) in [5.74, 6) is 8.88. The quantitative estimate of drug-likeness (QED) is 0.333. The largest absolute Gasteiger partial charge is 0.378 e. The van der Waals surface area contributed by atoms with E-state index in [0.29, 0.717) is 12.0 Å². The molecule has 0 amide bonds. The SMILES string of the molecule is CCCCOC1CCC(/C=C/C#C/C=C/[C@H]2CC[C@H](CCC)CC2)CC1. The van der Waals surface area contributed by atoms with Gasteiger partial charge in [0.15, 0.2) is 0 Å². The first-order chi connectivity index (χ1) is 12.8. The fourth-order valence-corrected chi connectivity index (χ4v) is 4.38. The van der Waals surface area contributed by atoms with Crippen molar-refractivity contribution >= 4 is 0 Å². The van der Waals surface area contributed by atoms with Crippen LogP contribution in [0.5, 0.6) is 0 Å². The van der Waals surface area contributed by atoms with E-state index in [4.69, 9.17) is 4.74 Å². The number of rotatable bonds is 8. The van der Waals surface area contributed by atoms with E-state index in [1.165, 1.54) is 77.0 Å². The molecule has 26 heavy (non-hydrogen) atoms. The lowest BCUT2D eigenvalue weighted by Crippen LogP contribution is -2.21. The second kappa shape index (κ2) is 13.2. The monoisotopic (exact) mass is 356 g/mol. The Balaban J connectivity index is 1.58. The van der Waals surface area contributed by atoms with Gasteiger partial charge >= 0.3 is 0 Å². The van der Waals surface area contributed by atoms with Crippen LogP contribution in [0.2, 0.25) is 0 Å². The minimum atomic E-state index is 0.507. The highest BCUT2D eigenvalue weighted by molar-refractivity contribution is 5.24. The summed E-state index contributed by atoms with van der Waals surface area (Å²) in [6, 6.07) is 0. The summed E-state index contributed by atoms with van der Waals surface area (Å²) in [6.45, 7) is 5.47. The summed E-state index contributed by atoms with van der Waals surface area (Å²) in [5.41, 5.74) is 0. The van der Waals surface area contributed by atoms with E-state index in [1.54, 1.807) is 0 Å². The van der Waals surface area contributed by atoms with Gasteiger partial charge in [0.05, 0.1) is 6.10 Å². The van der Waals surface area contributed by atoms with Gasteiger partial charge in [0.25, 0.3) is 0 Å². The molecule has 146 valence electrons. The van der Waals surface area contributed by atoms with E-state index in [0.717, 1.165) is 18.4 Å². The molecule has 2 aliphatic carbocycles. The summed E-state index contributed by atoms with van der Waals surface area (Å²) in [4.78, 5) is 0. The second-order valence-electron chi connectivity index (χ2n) is 8.34. The van der Waals surface area contributed by atoms with Gasteiger partial charge in [-0.1, -0.05) is 57.1 Å². The molecule has 2 fully saturated rings. The molecule has 0 aromatic carbocycles. The van der Waals surface area contributed by atoms with Crippen molar-refractivity contribution in [3.8, 4) is 11.8 Å². The fourth-order valence-electron chi connectivity index (χ4n) is 4.38. The maximum atomic E-state index is 5.95. The van der Waals surface area contributed by atoms with Crippen LogP contribution in [0.25, 0.3) is 0 Å². The number of hydrogen-bond acceptors (Lipinski definition) is 1. The van der Waals surface area contributed by atoms with Crippen molar-refractivity contribution in [1.82, 2.24) is 0 Å². The molecule has 0 unspecified atom stereocenters. The Kier molecular flexibility index (Phi) is 10.8. The van der Waals surface area contributed by atoms with Crippen LogP contribution < -0.4 is 0 Å². The first-order valence-corrected chi connectivity index (χ1v) is 11.3. The molecule has 2 aliphatic rings. The van der Waals surface area contributed by atoms with Crippen molar-refractivity contribution in [3.05, 3.63) is 24.3 Å². The molecule has 1 heteroatoms. The van der Waals surface area contributed by atoms with Gasteiger partial charge in [-0.15, -0.1) is 0 Å². The van der Waals surface area contributed by atoms with E-state index < -0.39 is 0 Å². The average Bonchev–Trinajstić information content (AvgIpc) is 2.67. The minimum Gasteiger partial charge on any atom is -0.378 e. The van der Waals surface area contributed by atoms with E-state index in [2.05, 4.69) is 50.0 Å². The van der Waals surface area contributed by atoms with Crippen LogP contribution in [0, 0.1) is 29.6 Å². The Hall–Kier alpha value is -1.00. The number of allylic oxidation sites excluding steroid dienone is 4. The highest BCUT2D eigenvalue weighted by Gasteiger charge is 2.19. The summed E-state index contributed by atoms with van der Waals surface area (Å²) in [5, 5.41) is 0. The van der Waals surface area contributed by atoms with E-state index in [9.17, 15) is 0 Å². The lowest BCUT2D eigenvalue weighted by atomic mass is 9.80. The first-order valence-electron chi connectivity index (χ1n) is 11.3. The number of hydrogen-bond donors (Lipinski definition) is 0. The molecule has 0 saturated heterocycles. The van der Waals surface area contributed by atoms with Gasteiger partial charge in [-0.05, 0) is 87.7 Å². The van der Waals surface area contributed by atoms with Crippen LogP contribution >= 0.6 is 0 Å². The molecule has 0 heterocycles. The van der Waals surface area contributed by atoms with E-state index >= 15 is 0 Å². The van der Waals surface area contributed by atoms with Gasteiger partial charge in [0, 0.05) is 6.61 Å². The maximum absolute atomic E-state index is 5.95. The van der Waals surface area contributed by atoms with Crippen LogP contribution in [0.3, 0.4) is 0 Å². The van der Waals surface area contributed by atoms with Gasteiger partial charge in [0.1, 0.15) is 0 Å².